The maximum absolute atomic E-state index is 12.2. The van der Waals surface area contributed by atoms with Gasteiger partial charge in [-0.3, -0.25) is 4.79 Å². The van der Waals surface area contributed by atoms with Crippen LogP contribution in [-0.2, 0) is 9.53 Å². The Kier molecular flexibility index (Phi) is 6.74. The average molecular weight is 447 g/mol. The van der Waals surface area contributed by atoms with Crippen LogP contribution in [-0.4, -0.2) is 33.2 Å². The number of hydrogen-bond acceptors (Lipinski definition) is 5. The largest absolute Gasteiger partial charge is 0.452 e. The number of carbonyl (C=O) groups is 2. The third-order valence-electron chi connectivity index (χ3n) is 4.35. The summed E-state index contributed by atoms with van der Waals surface area (Å²) < 4.78 is 6.76. The molecule has 0 aliphatic heterocycles. The van der Waals surface area contributed by atoms with Crippen LogP contribution in [0.2, 0.25) is 10.0 Å². The molecule has 0 bridgehead atoms. The van der Waals surface area contributed by atoms with Gasteiger partial charge in [-0.2, -0.15) is 5.10 Å². The fourth-order valence-corrected chi connectivity index (χ4v) is 3.49. The van der Waals surface area contributed by atoms with Crippen molar-refractivity contribution in [3.63, 3.8) is 0 Å². The van der Waals surface area contributed by atoms with E-state index < -0.39 is 18.5 Å². The number of aromatic nitrogens is 3. The molecule has 3 rings (SSSR count). The Bertz CT molecular complexity index is 1080. The molecular formula is C21H20Cl2N4O3. The van der Waals surface area contributed by atoms with Gasteiger partial charge in [0, 0.05) is 21.9 Å². The van der Waals surface area contributed by atoms with E-state index >= 15 is 0 Å². The van der Waals surface area contributed by atoms with Gasteiger partial charge in [0.2, 0.25) is 0 Å². The lowest BCUT2D eigenvalue weighted by atomic mass is 10.1. The van der Waals surface area contributed by atoms with Crippen molar-refractivity contribution in [2.45, 2.75) is 26.8 Å². The lowest BCUT2D eigenvalue weighted by molar-refractivity contribution is -0.124. The van der Waals surface area contributed by atoms with Gasteiger partial charge in [0.05, 0.1) is 17.3 Å². The smallest absolute Gasteiger partial charge is 0.340 e. The summed E-state index contributed by atoms with van der Waals surface area (Å²) in [4.78, 5) is 28.6. The van der Waals surface area contributed by atoms with Gasteiger partial charge in [-0.15, -0.1) is 0 Å². The number of hydrogen-bond donors (Lipinski definition) is 1. The van der Waals surface area contributed by atoms with E-state index in [1.807, 2.05) is 19.9 Å². The Morgan fingerprint density at radius 1 is 1.17 bits per heavy atom. The van der Waals surface area contributed by atoms with E-state index in [0.717, 1.165) is 11.4 Å². The first kappa shape index (κ1) is 21.8. The summed E-state index contributed by atoms with van der Waals surface area (Å²) >= 11 is 12.0. The highest BCUT2D eigenvalue weighted by molar-refractivity contribution is 6.35. The van der Waals surface area contributed by atoms with Gasteiger partial charge in [0.1, 0.15) is 0 Å². The number of esters is 1. The summed E-state index contributed by atoms with van der Waals surface area (Å²) in [5, 5.41) is 8.03. The summed E-state index contributed by atoms with van der Waals surface area (Å²) in [6, 6.07) is 9.83. The Morgan fingerprint density at radius 2 is 1.93 bits per heavy atom. The molecule has 9 heteroatoms. The summed E-state index contributed by atoms with van der Waals surface area (Å²) in [5.74, 6) is -0.507. The molecule has 2 heterocycles. The number of amides is 1. The highest BCUT2D eigenvalue weighted by Crippen LogP contribution is 2.26. The molecule has 1 unspecified atom stereocenters. The van der Waals surface area contributed by atoms with Crippen LogP contribution in [0.15, 0.2) is 42.6 Å². The van der Waals surface area contributed by atoms with Crippen molar-refractivity contribution >= 4 is 35.1 Å². The number of carbonyl (C=O) groups excluding carboxylic acids is 2. The first-order valence-corrected chi connectivity index (χ1v) is 9.91. The van der Waals surface area contributed by atoms with Gasteiger partial charge in [-0.05, 0) is 56.7 Å². The molecular weight excluding hydrogens is 427 g/mol. The van der Waals surface area contributed by atoms with Crippen molar-refractivity contribution < 1.29 is 14.3 Å². The minimum atomic E-state index is -0.644. The second-order valence-corrected chi connectivity index (χ2v) is 7.62. The van der Waals surface area contributed by atoms with Gasteiger partial charge >= 0.3 is 5.97 Å². The zero-order valence-electron chi connectivity index (χ0n) is 16.6. The second-order valence-electron chi connectivity index (χ2n) is 6.78. The van der Waals surface area contributed by atoms with Crippen LogP contribution in [0.3, 0.4) is 0 Å². The Labute approximate surface area is 184 Å². The molecule has 1 atom stereocenters. The van der Waals surface area contributed by atoms with Gasteiger partial charge in [0.25, 0.3) is 5.91 Å². The van der Waals surface area contributed by atoms with E-state index in [0.29, 0.717) is 21.4 Å². The number of aryl methyl sites for hydroxylation is 2. The molecule has 0 radical (unpaired) electrons. The predicted octanol–water partition coefficient (Wildman–Crippen LogP) is 4.23. The molecule has 1 amide bonds. The molecule has 0 saturated heterocycles. The van der Waals surface area contributed by atoms with E-state index in [1.54, 1.807) is 41.9 Å². The lowest BCUT2D eigenvalue weighted by Gasteiger charge is -2.16. The maximum Gasteiger partial charge on any atom is 0.340 e. The number of nitrogens with zero attached hydrogens (tertiary/aromatic N) is 3. The maximum atomic E-state index is 12.2. The molecule has 0 aliphatic carbocycles. The first-order chi connectivity index (χ1) is 14.2. The molecule has 3 aromatic rings. The highest BCUT2D eigenvalue weighted by Gasteiger charge is 2.16. The normalized spacial score (nSPS) is 11.8. The number of rotatable bonds is 6. The zero-order valence-corrected chi connectivity index (χ0v) is 18.2. The fraction of sp³-hybridized carbons (Fsp3) is 0.238. The highest BCUT2D eigenvalue weighted by atomic mass is 35.5. The molecule has 0 fully saturated rings. The van der Waals surface area contributed by atoms with E-state index in [1.165, 1.54) is 6.20 Å². The molecule has 0 aliphatic rings. The number of ether oxygens (including phenoxy) is 1. The third-order valence-corrected chi connectivity index (χ3v) is 4.91. The molecule has 7 nitrogen and oxygen atoms in total. The molecule has 0 saturated carbocycles. The SMILES string of the molecule is Cc1cc(C)n(-c2ccc(C(=O)OCC(=O)NC(C)c3ccc(Cl)cc3Cl)cn2)n1. The fourth-order valence-electron chi connectivity index (χ4n) is 2.92. The second kappa shape index (κ2) is 9.28. The lowest BCUT2D eigenvalue weighted by Crippen LogP contribution is -2.31. The van der Waals surface area contributed by atoms with Crippen molar-refractivity contribution in [2.24, 2.45) is 0 Å². The van der Waals surface area contributed by atoms with Gasteiger partial charge in [-0.1, -0.05) is 29.3 Å². The topological polar surface area (TPSA) is 86.1 Å². The minimum Gasteiger partial charge on any atom is -0.452 e. The van der Waals surface area contributed by atoms with E-state index in [2.05, 4.69) is 15.4 Å². The van der Waals surface area contributed by atoms with Gasteiger partial charge in [0.15, 0.2) is 12.4 Å². The van der Waals surface area contributed by atoms with E-state index in [4.69, 9.17) is 27.9 Å². The van der Waals surface area contributed by atoms with Crippen LogP contribution in [0, 0.1) is 13.8 Å². The van der Waals surface area contributed by atoms with Crippen LogP contribution in [0.1, 0.15) is 40.3 Å². The number of nitrogens with one attached hydrogen (secondary N) is 1. The van der Waals surface area contributed by atoms with Crippen LogP contribution >= 0.6 is 23.2 Å². The van der Waals surface area contributed by atoms with Crippen molar-refractivity contribution in [2.75, 3.05) is 6.61 Å². The molecule has 1 aromatic carbocycles. The quantitative estimate of drug-likeness (QED) is 0.572. The summed E-state index contributed by atoms with van der Waals surface area (Å²) in [5.41, 5.74) is 2.76. The molecule has 30 heavy (non-hydrogen) atoms. The van der Waals surface area contributed by atoms with Gasteiger partial charge in [-0.25, -0.2) is 14.5 Å². The predicted molar refractivity (Wildman–Crippen MR) is 114 cm³/mol. The summed E-state index contributed by atoms with van der Waals surface area (Å²) in [6.07, 6.45) is 1.39. The van der Waals surface area contributed by atoms with E-state index in [-0.39, 0.29) is 11.6 Å². The van der Waals surface area contributed by atoms with Crippen molar-refractivity contribution in [3.8, 4) is 5.82 Å². The van der Waals surface area contributed by atoms with Crippen molar-refractivity contribution in [3.05, 3.63) is 75.2 Å². The Balaban J connectivity index is 1.56. The standard InChI is InChI=1S/C21H20Cl2N4O3/c1-12-8-13(2)27(26-12)19-7-4-15(10-24-19)21(29)30-11-20(28)25-14(3)17-6-5-16(22)9-18(17)23/h4-10,14H,11H2,1-3H3,(H,25,28). The average Bonchev–Trinajstić information content (AvgIpc) is 3.04. The summed E-state index contributed by atoms with van der Waals surface area (Å²) in [7, 11) is 0. The number of pyridine rings is 1. The molecule has 1 N–H and O–H groups in total. The van der Waals surface area contributed by atoms with Crippen LogP contribution in [0.25, 0.3) is 5.82 Å². The first-order valence-electron chi connectivity index (χ1n) is 9.15. The zero-order chi connectivity index (χ0) is 21.8. The van der Waals surface area contributed by atoms with Crippen molar-refractivity contribution in [1.82, 2.24) is 20.1 Å². The van der Waals surface area contributed by atoms with Crippen molar-refractivity contribution in [1.29, 1.82) is 0 Å². The van der Waals surface area contributed by atoms with Crippen LogP contribution in [0.5, 0.6) is 0 Å². The molecule has 0 spiro atoms. The van der Waals surface area contributed by atoms with E-state index in [9.17, 15) is 9.59 Å². The molecule has 156 valence electrons. The Hall–Kier alpha value is -2.90. The summed E-state index contributed by atoms with van der Waals surface area (Å²) in [6.45, 7) is 5.16. The van der Waals surface area contributed by atoms with Gasteiger partial charge < -0.3 is 10.1 Å². The van der Waals surface area contributed by atoms with Crippen LogP contribution < -0.4 is 5.32 Å². The number of halogens is 2. The third kappa shape index (κ3) is 5.17. The molecule has 2 aromatic heterocycles. The Morgan fingerprint density at radius 3 is 2.53 bits per heavy atom. The monoisotopic (exact) mass is 446 g/mol. The van der Waals surface area contributed by atoms with Crippen LogP contribution in [0.4, 0.5) is 0 Å². The number of benzene rings is 1. The minimum absolute atomic E-state index is 0.238.